The maximum Gasteiger partial charge on any atom is 0.323 e. The lowest BCUT2D eigenvalue weighted by Crippen LogP contribution is -2.38. The van der Waals surface area contributed by atoms with Crippen molar-refractivity contribution in [1.82, 2.24) is 10.2 Å². The lowest BCUT2D eigenvalue weighted by atomic mass is 10.4. The van der Waals surface area contributed by atoms with Crippen LogP contribution in [0.15, 0.2) is 0 Å². The number of aliphatic carboxylic acids is 1. The van der Waals surface area contributed by atoms with E-state index in [9.17, 15) is 9.59 Å². The van der Waals surface area contributed by atoms with Crippen LogP contribution in [0.2, 0.25) is 0 Å². The number of terminal acetylenes is 1. The second kappa shape index (κ2) is 6.03. The summed E-state index contributed by atoms with van der Waals surface area (Å²) in [5.74, 6) is 0.976. The number of hydrogen-bond donors (Lipinski definition) is 2. The molecule has 2 N–H and O–H groups in total. The van der Waals surface area contributed by atoms with E-state index in [2.05, 4.69) is 11.2 Å². The zero-order chi connectivity index (χ0) is 10.3. The van der Waals surface area contributed by atoms with Gasteiger partial charge in [0.05, 0.1) is 13.1 Å². The average Bonchev–Trinajstić information content (AvgIpc) is 2.03. The van der Waals surface area contributed by atoms with Crippen molar-refractivity contribution < 1.29 is 14.7 Å². The number of amides is 1. The number of carboxylic acids is 1. The van der Waals surface area contributed by atoms with Gasteiger partial charge >= 0.3 is 5.97 Å². The van der Waals surface area contributed by atoms with Crippen LogP contribution < -0.4 is 5.32 Å². The van der Waals surface area contributed by atoms with Crippen LogP contribution in [0.3, 0.4) is 0 Å². The molecule has 0 aliphatic carbocycles. The highest BCUT2D eigenvalue weighted by atomic mass is 16.4. The molecule has 72 valence electrons. The van der Waals surface area contributed by atoms with Crippen LogP contribution in [0, 0.1) is 12.3 Å². The molecule has 0 aromatic rings. The van der Waals surface area contributed by atoms with E-state index >= 15 is 0 Å². The Bertz CT molecular complexity index is 232. The van der Waals surface area contributed by atoms with E-state index < -0.39 is 5.97 Å². The van der Waals surface area contributed by atoms with E-state index in [0.29, 0.717) is 6.54 Å². The number of nitrogens with zero attached hydrogens (tertiary/aromatic N) is 1. The third-order valence-corrected chi connectivity index (χ3v) is 1.30. The molecule has 5 heteroatoms. The summed E-state index contributed by atoms with van der Waals surface area (Å²) < 4.78 is 0. The fourth-order valence-electron chi connectivity index (χ4n) is 0.668. The number of carbonyl (C=O) groups excluding carboxylic acids is 1. The number of hydrogen-bond acceptors (Lipinski definition) is 3. The molecule has 0 bridgehead atoms. The molecule has 0 aliphatic heterocycles. The Morgan fingerprint density at radius 1 is 1.62 bits per heavy atom. The molecule has 0 fully saturated rings. The number of rotatable bonds is 5. The highest BCUT2D eigenvalue weighted by molar-refractivity contribution is 5.82. The monoisotopic (exact) mass is 184 g/mol. The second-order valence-electron chi connectivity index (χ2n) is 2.45. The van der Waals surface area contributed by atoms with E-state index in [1.165, 1.54) is 7.05 Å². The number of carbonyl (C=O) groups is 2. The molecule has 0 aromatic heterocycles. The van der Waals surface area contributed by atoms with Gasteiger partial charge in [-0.25, -0.2) is 0 Å². The summed E-state index contributed by atoms with van der Waals surface area (Å²) in [4.78, 5) is 22.4. The molecule has 0 aromatic carbocycles. The third kappa shape index (κ3) is 5.70. The lowest BCUT2D eigenvalue weighted by Gasteiger charge is -2.13. The Labute approximate surface area is 76.7 Å². The van der Waals surface area contributed by atoms with Crippen molar-refractivity contribution in [3.05, 3.63) is 0 Å². The van der Waals surface area contributed by atoms with Crippen molar-refractivity contribution in [1.29, 1.82) is 0 Å². The van der Waals surface area contributed by atoms with Gasteiger partial charge in [0.25, 0.3) is 0 Å². The van der Waals surface area contributed by atoms with Crippen molar-refractivity contribution in [2.24, 2.45) is 0 Å². The van der Waals surface area contributed by atoms with Gasteiger partial charge in [0, 0.05) is 7.05 Å². The van der Waals surface area contributed by atoms with Crippen LogP contribution in [-0.2, 0) is 9.59 Å². The summed E-state index contributed by atoms with van der Waals surface area (Å²) in [7, 11) is 1.42. The maximum atomic E-state index is 11.1. The zero-order valence-corrected chi connectivity index (χ0v) is 7.41. The van der Waals surface area contributed by atoms with Crippen LogP contribution in [0.25, 0.3) is 0 Å². The minimum atomic E-state index is -1.03. The fraction of sp³-hybridized carbons (Fsp3) is 0.500. The minimum absolute atomic E-state index is 0.0635. The van der Waals surface area contributed by atoms with Gasteiger partial charge in [0.2, 0.25) is 5.91 Å². The van der Waals surface area contributed by atoms with Crippen LogP contribution in [0.1, 0.15) is 0 Å². The predicted molar refractivity (Wildman–Crippen MR) is 47.0 cm³/mol. The zero-order valence-electron chi connectivity index (χ0n) is 7.41. The molecule has 5 nitrogen and oxygen atoms in total. The van der Waals surface area contributed by atoms with Crippen LogP contribution in [0.4, 0.5) is 0 Å². The summed E-state index contributed by atoms with van der Waals surface area (Å²) in [5.41, 5.74) is 0. The normalized spacial score (nSPS) is 8.92. The first-order chi connectivity index (χ1) is 6.07. The van der Waals surface area contributed by atoms with E-state index in [1.54, 1.807) is 0 Å². The molecule has 0 heterocycles. The highest BCUT2D eigenvalue weighted by Gasteiger charge is 2.10. The van der Waals surface area contributed by atoms with Gasteiger partial charge in [-0.05, 0) is 0 Å². The first-order valence-corrected chi connectivity index (χ1v) is 3.68. The Balaban J connectivity index is 3.71. The smallest absolute Gasteiger partial charge is 0.323 e. The van der Waals surface area contributed by atoms with Gasteiger partial charge in [0.15, 0.2) is 0 Å². The Morgan fingerprint density at radius 3 is 2.69 bits per heavy atom. The fourth-order valence-corrected chi connectivity index (χ4v) is 0.668. The summed E-state index contributed by atoms with van der Waals surface area (Å²) in [6, 6.07) is 0. The molecule has 0 atom stereocenters. The van der Waals surface area contributed by atoms with Crippen molar-refractivity contribution in [2.45, 2.75) is 0 Å². The molecule has 0 aliphatic rings. The Morgan fingerprint density at radius 2 is 2.23 bits per heavy atom. The average molecular weight is 184 g/mol. The molecule has 13 heavy (non-hydrogen) atoms. The topological polar surface area (TPSA) is 69.6 Å². The molecule has 1 amide bonds. The molecule has 0 rings (SSSR count). The molecule has 0 spiro atoms. The first kappa shape index (κ1) is 11.5. The maximum absolute atomic E-state index is 11.1. The van der Waals surface area contributed by atoms with Gasteiger partial charge < -0.3 is 10.0 Å². The van der Waals surface area contributed by atoms with Crippen LogP contribution in [0.5, 0.6) is 0 Å². The van der Waals surface area contributed by atoms with Crippen molar-refractivity contribution in [3.8, 4) is 12.3 Å². The van der Waals surface area contributed by atoms with Gasteiger partial charge in [0.1, 0.15) is 6.54 Å². The molecule has 0 saturated carbocycles. The molecule has 0 radical (unpaired) electrons. The van der Waals surface area contributed by atoms with Gasteiger partial charge in [-0.15, -0.1) is 6.42 Å². The van der Waals surface area contributed by atoms with E-state index in [0.717, 1.165) is 4.90 Å². The highest BCUT2D eigenvalue weighted by Crippen LogP contribution is 1.82. The summed E-state index contributed by atoms with van der Waals surface area (Å²) in [5, 5.41) is 11.0. The third-order valence-electron chi connectivity index (χ3n) is 1.30. The molecule has 0 unspecified atom stereocenters. The van der Waals surface area contributed by atoms with Crippen molar-refractivity contribution in [3.63, 3.8) is 0 Å². The summed E-state index contributed by atoms with van der Waals surface area (Å²) >= 11 is 0. The van der Waals surface area contributed by atoms with E-state index in [-0.39, 0.29) is 19.0 Å². The standard InChI is InChI=1S/C8H12N2O3/c1-3-4-9-5-7(11)10(2)6-8(12)13/h1,9H,4-6H2,2H3,(H,12,13). The Hall–Kier alpha value is -1.54. The predicted octanol–water partition coefficient (Wildman–Crippen LogP) is -1.25. The minimum Gasteiger partial charge on any atom is -0.480 e. The number of nitrogens with one attached hydrogen (secondary N) is 1. The van der Waals surface area contributed by atoms with Crippen molar-refractivity contribution >= 4 is 11.9 Å². The second-order valence-corrected chi connectivity index (χ2v) is 2.45. The van der Waals surface area contributed by atoms with Crippen LogP contribution >= 0.6 is 0 Å². The van der Waals surface area contributed by atoms with Gasteiger partial charge in [-0.3, -0.25) is 14.9 Å². The molecular weight excluding hydrogens is 172 g/mol. The summed E-state index contributed by atoms with van der Waals surface area (Å²) in [6.07, 6.45) is 4.94. The number of likely N-dealkylation sites (N-methyl/N-ethyl adjacent to an activating group) is 1. The SMILES string of the molecule is C#CCNCC(=O)N(C)CC(=O)O. The first-order valence-electron chi connectivity index (χ1n) is 3.68. The molecular formula is C8H12N2O3. The Kier molecular flexibility index (Phi) is 5.32. The largest absolute Gasteiger partial charge is 0.480 e. The van der Waals surface area contributed by atoms with Gasteiger partial charge in [-0.2, -0.15) is 0 Å². The van der Waals surface area contributed by atoms with E-state index in [4.69, 9.17) is 11.5 Å². The van der Waals surface area contributed by atoms with Crippen LogP contribution in [-0.4, -0.2) is 48.6 Å². The van der Waals surface area contributed by atoms with E-state index in [1.807, 2.05) is 0 Å². The molecule has 0 saturated heterocycles. The van der Waals surface area contributed by atoms with Crippen molar-refractivity contribution in [2.75, 3.05) is 26.7 Å². The number of carboxylic acid groups (broad SMARTS) is 1. The van der Waals surface area contributed by atoms with Gasteiger partial charge in [-0.1, -0.05) is 5.92 Å². The quantitative estimate of drug-likeness (QED) is 0.414. The lowest BCUT2D eigenvalue weighted by molar-refractivity contribution is -0.143. The summed E-state index contributed by atoms with van der Waals surface area (Å²) in [6.45, 7) is 0.0667.